The van der Waals surface area contributed by atoms with E-state index < -0.39 is 0 Å². The normalized spacial score (nSPS) is 21.2. The van der Waals surface area contributed by atoms with Gasteiger partial charge in [0.25, 0.3) is 0 Å². The highest BCUT2D eigenvalue weighted by molar-refractivity contribution is 4.88. The first-order valence-corrected chi connectivity index (χ1v) is 8.12. The zero-order valence-electron chi connectivity index (χ0n) is 13.1. The van der Waals surface area contributed by atoms with E-state index in [-0.39, 0.29) is 0 Å². The Bertz CT molecular complexity index is 209. The van der Waals surface area contributed by atoms with Crippen molar-refractivity contribution in [2.45, 2.75) is 72.3 Å². The lowest BCUT2D eigenvalue weighted by molar-refractivity contribution is 0.0817. The second kappa shape index (κ2) is 8.16. The van der Waals surface area contributed by atoms with Gasteiger partial charge >= 0.3 is 0 Å². The number of nitrogens with one attached hydrogen (secondary N) is 1. The lowest BCUT2D eigenvalue weighted by Crippen LogP contribution is -2.47. The third-order valence-electron chi connectivity index (χ3n) is 4.82. The molecular formula is C16H34N2. The Hall–Kier alpha value is -0.0800. The Morgan fingerprint density at radius 3 is 2.28 bits per heavy atom. The fraction of sp³-hybridized carbons (Fsp3) is 1.00. The quantitative estimate of drug-likeness (QED) is 0.711. The third-order valence-corrected chi connectivity index (χ3v) is 4.82. The molecule has 0 aliphatic heterocycles. The van der Waals surface area contributed by atoms with Gasteiger partial charge in [0.15, 0.2) is 0 Å². The molecule has 0 radical (unpaired) electrons. The molecule has 1 saturated carbocycles. The SMILES string of the molecule is CCNCC1(CN(CC)C(C)CC)CCCCC1. The first-order valence-electron chi connectivity index (χ1n) is 8.12. The van der Waals surface area contributed by atoms with Crippen LogP contribution in [-0.4, -0.2) is 37.1 Å². The zero-order valence-corrected chi connectivity index (χ0v) is 13.1. The lowest BCUT2D eigenvalue weighted by atomic mass is 9.73. The lowest BCUT2D eigenvalue weighted by Gasteiger charge is -2.43. The third kappa shape index (κ3) is 4.55. The fourth-order valence-electron chi connectivity index (χ4n) is 3.35. The molecule has 1 fully saturated rings. The molecule has 0 amide bonds. The van der Waals surface area contributed by atoms with Gasteiger partial charge in [0.2, 0.25) is 0 Å². The minimum atomic E-state index is 0.549. The highest BCUT2D eigenvalue weighted by atomic mass is 15.2. The molecule has 1 atom stereocenters. The van der Waals surface area contributed by atoms with Crippen molar-refractivity contribution in [1.82, 2.24) is 10.2 Å². The Balaban J connectivity index is 2.63. The Labute approximate surface area is 115 Å². The van der Waals surface area contributed by atoms with Crippen molar-refractivity contribution < 1.29 is 0 Å². The predicted molar refractivity (Wildman–Crippen MR) is 81.1 cm³/mol. The van der Waals surface area contributed by atoms with Crippen LogP contribution in [0.25, 0.3) is 0 Å². The van der Waals surface area contributed by atoms with Crippen LogP contribution in [0.4, 0.5) is 0 Å². The summed E-state index contributed by atoms with van der Waals surface area (Å²) in [6, 6.07) is 0.732. The van der Waals surface area contributed by atoms with E-state index in [0.29, 0.717) is 5.41 Å². The van der Waals surface area contributed by atoms with Gasteiger partial charge in [-0.05, 0) is 44.7 Å². The van der Waals surface area contributed by atoms with Gasteiger partial charge in [0, 0.05) is 19.1 Å². The molecule has 1 aliphatic carbocycles. The molecule has 1 N–H and O–H groups in total. The summed E-state index contributed by atoms with van der Waals surface area (Å²) in [6.45, 7) is 14.1. The molecular weight excluding hydrogens is 220 g/mol. The van der Waals surface area contributed by atoms with Gasteiger partial charge in [-0.15, -0.1) is 0 Å². The average Bonchev–Trinajstić information content (AvgIpc) is 2.43. The molecule has 18 heavy (non-hydrogen) atoms. The topological polar surface area (TPSA) is 15.3 Å². The van der Waals surface area contributed by atoms with Crippen LogP contribution in [0.3, 0.4) is 0 Å². The molecule has 2 heteroatoms. The number of hydrogen-bond donors (Lipinski definition) is 1. The maximum absolute atomic E-state index is 3.62. The molecule has 1 unspecified atom stereocenters. The molecule has 0 aromatic rings. The van der Waals surface area contributed by atoms with E-state index in [9.17, 15) is 0 Å². The van der Waals surface area contributed by atoms with Crippen LogP contribution in [-0.2, 0) is 0 Å². The number of hydrogen-bond acceptors (Lipinski definition) is 2. The summed E-state index contributed by atoms with van der Waals surface area (Å²) in [4.78, 5) is 2.70. The smallest absolute Gasteiger partial charge is 0.00644 e. The van der Waals surface area contributed by atoms with Crippen molar-refractivity contribution in [3.05, 3.63) is 0 Å². The molecule has 1 aliphatic rings. The molecule has 1 rings (SSSR count). The van der Waals surface area contributed by atoms with Crippen LogP contribution >= 0.6 is 0 Å². The summed E-state index contributed by atoms with van der Waals surface area (Å²) in [7, 11) is 0. The van der Waals surface area contributed by atoms with E-state index in [2.05, 4.69) is 37.9 Å². The van der Waals surface area contributed by atoms with Crippen LogP contribution in [0.2, 0.25) is 0 Å². The van der Waals surface area contributed by atoms with Gasteiger partial charge in [0.05, 0.1) is 0 Å². The van der Waals surface area contributed by atoms with Crippen LogP contribution in [0.15, 0.2) is 0 Å². The van der Waals surface area contributed by atoms with Crippen molar-refractivity contribution in [2.24, 2.45) is 5.41 Å². The Kier molecular flexibility index (Phi) is 7.25. The van der Waals surface area contributed by atoms with Crippen molar-refractivity contribution in [1.29, 1.82) is 0 Å². The van der Waals surface area contributed by atoms with Gasteiger partial charge in [-0.3, -0.25) is 0 Å². The first kappa shape index (κ1) is 16.0. The molecule has 0 heterocycles. The maximum atomic E-state index is 3.62. The number of rotatable bonds is 8. The van der Waals surface area contributed by atoms with E-state index in [1.165, 1.54) is 58.2 Å². The molecule has 0 bridgehead atoms. The zero-order chi connectivity index (χ0) is 13.4. The minimum Gasteiger partial charge on any atom is -0.316 e. The summed E-state index contributed by atoms with van der Waals surface area (Å²) < 4.78 is 0. The van der Waals surface area contributed by atoms with Gasteiger partial charge in [-0.2, -0.15) is 0 Å². The summed E-state index contributed by atoms with van der Waals surface area (Å²) in [5, 5.41) is 3.62. The van der Waals surface area contributed by atoms with Gasteiger partial charge in [0.1, 0.15) is 0 Å². The molecule has 0 saturated heterocycles. The van der Waals surface area contributed by atoms with E-state index in [4.69, 9.17) is 0 Å². The predicted octanol–water partition coefficient (Wildman–Crippen LogP) is 3.67. The monoisotopic (exact) mass is 254 g/mol. The van der Waals surface area contributed by atoms with Crippen molar-refractivity contribution in [3.63, 3.8) is 0 Å². The molecule has 0 spiro atoms. The van der Waals surface area contributed by atoms with Gasteiger partial charge in [-0.25, -0.2) is 0 Å². The van der Waals surface area contributed by atoms with Gasteiger partial charge in [-0.1, -0.05) is 40.0 Å². The van der Waals surface area contributed by atoms with Crippen molar-refractivity contribution in [3.8, 4) is 0 Å². The summed E-state index contributed by atoms with van der Waals surface area (Å²) in [6.07, 6.45) is 8.43. The van der Waals surface area contributed by atoms with Crippen molar-refractivity contribution in [2.75, 3.05) is 26.2 Å². The highest BCUT2D eigenvalue weighted by Crippen LogP contribution is 2.37. The maximum Gasteiger partial charge on any atom is 0.00644 e. The largest absolute Gasteiger partial charge is 0.316 e. The van der Waals surface area contributed by atoms with Crippen molar-refractivity contribution >= 4 is 0 Å². The Morgan fingerprint density at radius 1 is 1.11 bits per heavy atom. The summed E-state index contributed by atoms with van der Waals surface area (Å²) >= 11 is 0. The fourth-order valence-corrected chi connectivity index (χ4v) is 3.35. The first-order chi connectivity index (χ1) is 8.67. The average molecular weight is 254 g/mol. The highest BCUT2D eigenvalue weighted by Gasteiger charge is 2.33. The minimum absolute atomic E-state index is 0.549. The molecule has 108 valence electrons. The van der Waals surface area contributed by atoms with Crippen LogP contribution in [0.5, 0.6) is 0 Å². The van der Waals surface area contributed by atoms with Crippen LogP contribution in [0.1, 0.15) is 66.2 Å². The second-order valence-corrected chi connectivity index (χ2v) is 6.16. The van der Waals surface area contributed by atoms with E-state index in [1.54, 1.807) is 0 Å². The van der Waals surface area contributed by atoms with Gasteiger partial charge < -0.3 is 10.2 Å². The van der Waals surface area contributed by atoms with E-state index >= 15 is 0 Å². The van der Waals surface area contributed by atoms with Crippen LogP contribution in [0, 0.1) is 5.41 Å². The molecule has 2 nitrogen and oxygen atoms in total. The molecule has 0 aromatic heterocycles. The summed E-state index contributed by atoms with van der Waals surface area (Å²) in [5.41, 5.74) is 0.549. The second-order valence-electron chi connectivity index (χ2n) is 6.16. The summed E-state index contributed by atoms with van der Waals surface area (Å²) in [5.74, 6) is 0. The standard InChI is InChI=1S/C16H34N2/c1-5-15(4)18(7-3)14-16(13-17-6-2)11-9-8-10-12-16/h15,17H,5-14H2,1-4H3. The number of nitrogens with zero attached hydrogens (tertiary/aromatic N) is 1. The van der Waals surface area contributed by atoms with Crippen LogP contribution < -0.4 is 5.32 Å². The van der Waals surface area contributed by atoms with E-state index in [0.717, 1.165) is 12.6 Å². The Morgan fingerprint density at radius 2 is 1.78 bits per heavy atom. The van der Waals surface area contributed by atoms with E-state index in [1.807, 2.05) is 0 Å². The molecule has 0 aromatic carbocycles.